The summed E-state index contributed by atoms with van der Waals surface area (Å²) in [6, 6.07) is 6.12. The number of phenols is 3. The van der Waals surface area contributed by atoms with Crippen molar-refractivity contribution >= 4 is 11.8 Å². The summed E-state index contributed by atoms with van der Waals surface area (Å²) in [6.07, 6.45) is -10.3. The Bertz CT molecular complexity index is 1100. The Morgan fingerprint density at radius 3 is 2.33 bits per heavy atom. The fraction of sp³-hybridized carbons (Fsp3) is 0.333. The van der Waals surface area contributed by atoms with Gasteiger partial charge >= 0.3 is 5.97 Å². The predicted octanol–water partition coefficient (Wildman–Crippen LogP) is -0.219. The molecule has 0 spiro atoms. The maximum absolute atomic E-state index is 12.6. The minimum Gasteiger partial charge on any atom is -0.507 e. The number of ether oxygens (including phenoxy) is 3. The molecule has 2 aromatic rings. The van der Waals surface area contributed by atoms with E-state index in [-0.39, 0.29) is 29.2 Å². The second-order valence-corrected chi connectivity index (χ2v) is 7.65. The zero-order valence-corrected chi connectivity index (χ0v) is 16.7. The molecule has 0 aromatic heterocycles. The third-order valence-corrected chi connectivity index (χ3v) is 5.41. The van der Waals surface area contributed by atoms with Crippen LogP contribution < -0.4 is 9.47 Å². The van der Waals surface area contributed by atoms with Gasteiger partial charge in [0.1, 0.15) is 47.2 Å². The fourth-order valence-corrected chi connectivity index (χ4v) is 3.69. The molecular weight excluding hydrogens is 444 g/mol. The summed E-state index contributed by atoms with van der Waals surface area (Å²) in [5, 5.41) is 68.5. The Kier molecular flexibility index (Phi) is 5.76. The van der Waals surface area contributed by atoms with Crippen LogP contribution in [-0.2, 0) is 9.53 Å². The molecule has 7 N–H and O–H groups in total. The van der Waals surface area contributed by atoms with Gasteiger partial charge in [0.15, 0.2) is 23.4 Å². The minimum absolute atomic E-state index is 0.0977. The molecule has 0 bridgehead atoms. The molecule has 2 heterocycles. The van der Waals surface area contributed by atoms with E-state index in [1.807, 2.05) is 0 Å². The number of aliphatic hydroxyl groups is 3. The van der Waals surface area contributed by atoms with Crippen LogP contribution in [0.15, 0.2) is 30.3 Å². The van der Waals surface area contributed by atoms with Crippen LogP contribution in [0.4, 0.5) is 0 Å². The smallest absolute Gasteiger partial charge is 0.335 e. The topological polar surface area (TPSA) is 203 Å². The first-order valence-electron chi connectivity index (χ1n) is 9.74. The molecular formula is C21H20O12. The highest BCUT2D eigenvalue weighted by molar-refractivity contribution is 6.02. The number of aliphatic hydroxyl groups excluding tert-OH is 3. The molecule has 0 saturated carbocycles. The molecule has 0 aliphatic carbocycles. The Morgan fingerprint density at radius 1 is 0.939 bits per heavy atom. The van der Waals surface area contributed by atoms with E-state index < -0.39 is 60.1 Å². The van der Waals surface area contributed by atoms with E-state index in [0.717, 1.165) is 6.07 Å². The molecule has 2 aliphatic rings. The molecule has 0 radical (unpaired) electrons. The first-order chi connectivity index (χ1) is 15.6. The van der Waals surface area contributed by atoms with E-state index in [0.29, 0.717) is 5.56 Å². The summed E-state index contributed by atoms with van der Waals surface area (Å²) in [6.45, 7) is 0. The monoisotopic (exact) mass is 464 g/mol. The molecule has 176 valence electrons. The maximum atomic E-state index is 12.6. The van der Waals surface area contributed by atoms with Crippen molar-refractivity contribution in [1.82, 2.24) is 0 Å². The lowest BCUT2D eigenvalue weighted by atomic mass is 9.95. The van der Waals surface area contributed by atoms with Crippen LogP contribution in [0.2, 0.25) is 0 Å². The quantitative estimate of drug-likeness (QED) is 0.294. The van der Waals surface area contributed by atoms with Crippen molar-refractivity contribution in [2.75, 3.05) is 0 Å². The molecule has 12 nitrogen and oxygen atoms in total. The van der Waals surface area contributed by atoms with Crippen molar-refractivity contribution in [3.8, 4) is 28.7 Å². The molecule has 12 heteroatoms. The summed E-state index contributed by atoms with van der Waals surface area (Å²) >= 11 is 0. The van der Waals surface area contributed by atoms with Crippen LogP contribution >= 0.6 is 0 Å². The van der Waals surface area contributed by atoms with Gasteiger partial charge in [-0.3, -0.25) is 4.79 Å². The number of aromatic hydroxyl groups is 3. The van der Waals surface area contributed by atoms with E-state index in [1.54, 1.807) is 0 Å². The van der Waals surface area contributed by atoms with E-state index in [4.69, 9.17) is 19.3 Å². The highest BCUT2D eigenvalue weighted by Gasteiger charge is 2.48. The number of rotatable bonds is 4. The molecule has 2 aliphatic heterocycles. The average Bonchev–Trinajstić information content (AvgIpc) is 2.75. The van der Waals surface area contributed by atoms with Crippen LogP contribution in [0.25, 0.3) is 0 Å². The summed E-state index contributed by atoms with van der Waals surface area (Å²) < 4.78 is 16.2. The van der Waals surface area contributed by atoms with Gasteiger partial charge in [0.2, 0.25) is 6.29 Å². The average molecular weight is 464 g/mol. The summed E-state index contributed by atoms with van der Waals surface area (Å²) in [5.41, 5.74) is 0.244. The van der Waals surface area contributed by atoms with Crippen molar-refractivity contribution in [2.24, 2.45) is 0 Å². The highest BCUT2D eigenvalue weighted by Crippen LogP contribution is 2.43. The summed E-state index contributed by atoms with van der Waals surface area (Å²) in [4.78, 5) is 23.9. The Morgan fingerprint density at radius 2 is 1.67 bits per heavy atom. The molecule has 6 atom stereocenters. The van der Waals surface area contributed by atoms with Gasteiger partial charge in [-0.1, -0.05) is 6.07 Å². The van der Waals surface area contributed by atoms with Gasteiger partial charge in [-0.25, -0.2) is 4.79 Å². The summed E-state index contributed by atoms with van der Waals surface area (Å²) in [5.74, 6) is -3.63. The largest absolute Gasteiger partial charge is 0.507 e. The molecule has 1 fully saturated rings. The van der Waals surface area contributed by atoms with Gasteiger partial charge in [0.05, 0.1) is 6.42 Å². The lowest BCUT2D eigenvalue weighted by Crippen LogP contribution is -2.61. The van der Waals surface area contributed by atoms with Gasteiger partial charge in [0, 0.05) is 12.1 Å². The number of benzene rings is 2. The van der Waals surface area contributed by atoms with Gasteiger partial charge in [-0.05, 0) is 17.7 Å². The number of carbonyl (C=O) groups excluding carboxylic acids is 1. The number of carboxylic acids is 1. The molecule has 2 unspecified atom stereocenters. The molecule has 33 heavy (non-hydrogen) atoms. The maximum Gasteiger partial charge on any atom is 0.335 e. The van der Waals surface area contributed by atoms with E-state index in [2.05, 4.69) is 0 Å². The van der Waals surface area contributed by atoms with Crippen LogP contribution in [0.5, 0.6) is 28.7 Å². The lowest BCUT2D eigenvalue weighted by Gasteiger charge is -2.38. The lowest BCUT2D eigenvalue weighted by molar-refractivity contribution is -0.271. The predicted molar refractivity (Wildman–Crippen MR) is 105 cm³/mol. The van der Waals surface area contributed by atoms with Gasteiger partial charge < -0.3 is 50.0 Å². The minimum atomic E-state index is -1.90. The summed E-state index contributed by atoms with van der Waals surface area (Å²) in [7, 11) is 0. The number of hydrogen-bond donors (Lipinski definition) is 7. The van der Waals surface area contributed by atoms with Crippen molar-refractivity contribution in [3.05, 3.63) is 41.5 Å². The Labute approximate surface area is 185 Å². The van der Waals surface area contributed by atoms with Crippen LogP contribution in [-0.4, -0.2) is 78.2 Å². The van der Waals surface area contributed by atoms with Crippen molar-refractivity contribution in [3.63, 3.8) is 0 Å². The standard InChI is InChI=1S/C21H20O12/c22-9-2-1-7(3-10(9)23)13-6-12(25)15-11(24)4-8(5-14(15)32-13)31-21-18(28)16(26)17(27)19(33-21)20(29)30/h1-5,13,16-19,21-24,26-28H,6H2,(H,29,30)/t13-,16-,17-,18?,19?,21+/m0/s1. The number of phenolic OH excluding ortho intramolecular Hbond substituents is 3. The molecule has 0 amide bonds. The first-order valence-corrected chi connectivity index (χ1v) is 9.74. The van der Waals surface area contributed by atoms with E-state index >= 15 is 0 Å². The van der Waals surface area contributed by atoms with Crippen LogP contribution in [0.3, 0.4) is 0 Å². The molecule has 2 aromatic carbocycles. The van der Waals surface area contributed by atoms with Gasteiger partial charge in [-0.2, -0.15) is 0 Å². The normalized spacial score (nSPS) is 29.1. The van der Waals surface area contributed by atoms with Gasteiger partial charge in [-0.15, -0.1) is 0 Å². The van der Waals surface area contributed by atoms with Crippen molar-refractivity contribution in [2.45, 2.75) is 43.2 Å². The molecule has 4 rings (SSSR count). The number of carboxylic acid groups (broad SMARTS) is 1. The second kappa shape index (κ2) is 8.41. The Hall–Kier alpha value is -3.58. The molecule has 1 saturated heterocycles. The van der Waals surface area contributed by atoms with Gasteiger partial charge in [0.25, 0.3) is 0 Å². The highest BCUT2D eigenvalue weighted by atomic mass is 16.7. The third-order valence-electron chi connectivity index (χ3n) is 5.41. The number of aliphatic carboxylic acids is 1. The van der Waals surface area contributed by atoms with Crippen LogP contribution in [0, 0.1) is 0 Å². The third kappa shape index (κ3) is 4.12. The zero-order valence-electron chi connectivity index (χ0n) is 16.7. The first kappa shape index (κ1) is 22.6. The fourth-order valence-electron chi connectivity index (χ4n) is 3.69. The second-order valence-electron chi connectivity index (χ2n) is 7.65. The van der Waals surface area contributed by atoms with Crippen LogP contribution in [0.1, 0.15) is 28.4 Å². The number of hydrogen-bond acceptors (Lipinski definition) is 11. The SMILES string of the molecule is O=C1C[C@@H](c2ccc(O)c(O)c2)Oc2cc(O[C@@H]3OC(C(=O)O)[C@@H](O)[C@H](O)C3O)cc(O)c21. The Balaban J connectivity index is 1.61. The van der Waals surface area contributed by atoms with E-state index in [1.165, 1.54) is 24.3 Å². The zero-order chi connectivity index (χ0) is 24.0. The number of Topliss-reactive ketones (excluding diaryl/α,β-unsaturated/α-hetero) is 1. The number of fused-ring (bicyclic) bond motifs is 1. The van der Waals surface area contributed by atoms with Crippen molar-refractivity contribution < 1.29 is 59.5 Å². The number of ketones is 1. The van der Waals surface area contributed by atoms with Crippen molar-refractivity contribution in [1.29, 1.82) is 0 Å². The van der Waals surface area contributed by atoms with E-state index in [9.17, 15) is 40.2 Å². The number of carbonyl (C=O) groups is 2.